The van der Waals surface area contributed by atoms with E-state index in [-0.39, 0.29) is 50.2 Å². The Morgan fingerprint density at radius 1 is 1.17 bits per heavy atom. The molecule has 1 aromatic heterocycles. The zero-order valence-corrected chi connectivity index (χ0v) is 10.3. The van der Waals surface area contributed by atoms with Gasteiger partial charge in [-0.05, 0) is 6.07 Å². The summed E-state index contributed by atoms with van der Waals surface area (Å²) in [6, 6.07) is 1.26. The Labute approximate surface area is 106 Å². The monoisotopic (exact) mass is 237 g/mol. The molecule has 0 saturated carbocycles. The van der Waals surface area contributed by atoms with Crippen LogP contribution in [0.3, 0.4) is 0 Å². The molecule has 0 aromatic carbocycles. The van der Waals surface area contributed by atoms with E-state index in [0.717, 1.165) is 0 Å². The summed E-state index contributed by atoms with van der Waals surface area (Å²) in [6.07, 6.45) is 0. The molecular formula is C5H3Cl3NNaO2. The molecule has 12 heavy (non-hydrogen) atoms. The third-order valence-electron chi connectivity index (χ3n) is 0.855. The van der Waals surface area contributed by atoms with E-state index in [2.05, 4.69) is 4.98 Å². The van der Waals surface area contributed by atoms with E-state index in [0.29, 0.717) is 0 Å². The summed E-state index contributed by atoms with van der Waals surface area (Å²) < 4.78 is 0. The maximum atomic E-state index is 10.6. The first-order valence-electron chi connectivity index (χ1n) is 2.30. The minimum atomic E-state index is -0.559. The van der Waals surface area contributed by atoms with Crippen molar-refractivity contribution in [2.75, 3.05) is 0 Å². The molecule has 0 radical (unpaired) electrons. The first-order valence-corrected chi connectivity index (χ1v) is 3.43. The van der Waals surface area contributed by atoms with Crippen LogP contribution < -0.4 is 34.7 Å². The standard InChI is InChI=1S/C5H2Cl3NO.Na.H2O/c6-2-1-3(7)5(10)9-4(2)8;;/h1H,(H,9,10);;1H2/q;+1;/p-1. The van der Waals surface area contributed by atoms with E-state index in [9.17, 15) is 5.11 Å². The van der Waals surface area contributed by atoms with Crippen LogP contribution in [0, 0.1) is 0 Å². The maximum Gasteiger partial charge on any atom is 1.00 e. The molecule has 1 rings (SSSR count). The Bertz CT molecular complexity index is 221. The molecule has 0 saturated heterocycles. The van der Waals surface area contributed by atoms with E-state index < -0.39 is 5.88 Å². The number of rotatable bonds is 0. The summed E-state index contributed by atoms with van der Waals surface area (Å²) >= 11 is 16.2. The number of hydrogen-bond acceptors (Lipinski definition) is 2. The molecule has 0 aliphatic rings. The SMILES string of the molecule is O.[Na+].[O-]c1nc(Cl)c(Cl)cc1Cl. The van der Waals surface area contributed by atoms with Crippen molar-refractivity contribution in [3.63, 3.8) is 0 Å². The topological polar surface area (TPSA) is 67.5 Å². The molecule has 3 nitrogen and oxygen atoms in total. The van der Waals surface area contributed by atoms with Crippen LogP contribution in [-0.2, 0) is 0 Å². The number of nitrogens with zero attached hydrogens (tertiary/aromatic N) is 1. The minimum absolute atomic E-state index is 0. The van der Waals surface area contributed by atoms with E-state index in [1.165, 1.54) is 6.07 Å². The van der Waals surface area contributed by atoms with Crippen molar-refractivity contribution in [3.05, 3.63) is 21.3 Å². The Hall–Kier alpha value is 0.780. The van der Waals surface area contributed by atoms with Crippen molar-refractivity contribution in [1.29, 1.82) is 0 Å². The molecule has 2 N–H and O–H groups in total. The predicted octanol–water partition coefficient (Wildman–Crippen LogP) is -1.71. The second kappa shape index (κ2) is 6.27. The Morgan fingerprint density at radius 3 is 2.08 bits per heavy atom. The van der Waals surface area contributed by atoms with Crippen molar-refractivity contribution < 1.29 is 40.1 Å². The van der Waals surface area contributed by atoms with Gasteiger partial charge in [-0.1, -0.05) is 34.8 Å². The first kappa shape index (κ1) is 15.3. The third-order valence-corrected chi connectivity index (χ3v) is 1.80. The molecule has 0 atom stereocenters. The number of aromatic nitrogens is 1. The van der Waals surface area contributed by atoms with Gasteiger partial charge in [0.1, 0.15) is 5.15 Å². The molecule has 0 unspecified atom stereocenters. The van der Waals surface area contributed by atoms with Crippen LogP contribution in [0.15, 0.2) is 6.07 Å². The van der Waals surface area contributed by atoms with Crippen LogP contribution in [0.1, 0.15) is 0 Å². The average molecular weight is 238 g/mol. The number of halogens is 3. The fourth-order valence-electron chi connectivity index (χ4n) is 0.429. The average Bonchev–Trinajstić information content (AvgIpc) is 1.84. The zero-order valence-electron chi connectivity index (χ0n) is 6.07. The summed E-state index contributed by atoms with van der Waals surface area (Å²) in [5, 5.41) is 10.8. The van der Waals surface area contributed by atoms with Gasteiger partial charge < -0.3 is 10.6 Å². The van der Waals surface area contributed by atoms with E-state index in [1.807, 2.05) is 0 Å². The van der Waals surface area contributed by atoms with Crippen molar-refractivity contribution >= 4 is 34.8 Å². The molecule has 1 aromatic rings. The van der Waals surface area contributed by atoms with Crippen molar-refractivity contribution in [2.24, 2.45) is 0 Å². The van der Waals surface area contributed by atoms with Gasteiger partial charge in [0.2, 0.25) is 0 Å². The van der Waals surface area contributed by atoms with Gasteiger partial charge in [0, 0.05) is 5.88 Å². The number of hydrogen-bond donors (Lipinski definition) is 0. The Balaban J connectivity index is 0. The smallest absolute Gasteiger partial charge is 0.858 e. The maximum absolute atomic E-state index is 10.6. The quantitative estimate of drug-likeness (QED) is 0.399. The Morgan fingerprint density at radius 2 is 1.67 bits per heavy atom. The third kappa shape index (κ3) is 3.66. The molecule has 62 valence electrons. The summed E-state index contributed by atoms with van der Waals surface area (Å²) in [6.45, 7) is 0. The largest absolute Gasteiger partial charge is 1.00 e. The molecule has 0 bridgehead atoms. The first-order chi connectivity index (χ1) is 4.61. The van der Waals surface area contributed by atoms with Gasteiger partial charge in [-0.15, -0.1) is 0 Å². The number of pyridine rings is 1. The van der Waals surface area contributed by atoms with Gasteiger partial charge in [0.15, 0.2) is 0 Å². The van der Waals surface area contributed by atoms with Gasteiger partial charge in [0.25, 0.3) is 0 Å². The van der Waals surface area contributed by atoms with Gasteiger partial charge in [0.05, 0.1) is 10.0 Å². The van der Waals surface area contributed by atoms with Gasteiger partial charge in [-0.25, -0.2) is 4.98 Å². The Kier molecular flexibility index (Phi) is 7.97. The molecule has 0 fully saturated rings. The van der Waals surface area contributed by atoms with E-state index in [1.54, 1.807) is 0 Å². The van der Waals surface area contributed by atoms with Crippen molar-refractivity contribution in [1.82, 2.24) is 4.98 Å². The van der Waals surface area contributed by atoms with Crippen LogP contribution in [0.25, 0.3) is 0 Å². The fourth-order valence-corrected chi connectivity index (χ4v) is 0.918. The van der Waals surface area contributed by atoms with Crippen LogP contribution in [0.2, 0.25) is 15.2 Å². The zero-order chi connectivity index (χ0) is 7.72. The normalized spacial score (nSPS) is 8.25. The van der Waals surface area contributed by atoms with E-state index in [4.69, 9.17) is 34.8 Å². The predicted molar refractivity (Wildman–Crippen MR) is 42.3 cm³/mol. The van der Waals surface area contributed by atoms with Crippen molar-refractivity contribution in [3.8, 4) is 5.88 Å². The van der Waals surface area contributed by atoms with Gasteiger partial charge in [-0.2, -0.15) is 0 Å². The van der Waals surface area contributed by atoms with Gasteiger partial charge >= 0.3 is 29.6 Å². The second-order valence-corrected chi connectivity index (χ2v) is 2.72. The minimum Gasteiger partial charge on any atom is -0.858 e. The fraction of sp³-hybridized carbons (Fsp3) is 0. The van der Waals surface area contributed by atoms with E-state index >= 15 is 0 Å². The molecule has 0 spiro atoms. The summed E-state index contributed by atoms with van der Waals surface area (Å²) in [5.74, 6) is -0.559. The molecule has 0 aliphatic heterocycles. The molecular weight excluding hydrogens is 235 g/mol. The molecule has 1 heterocycles. The van der Waals surface area contributed by atoms with Crippen LogP contribution in [0.4, 0.5) is 0 Å². The van der Waals surface area contributed by atoms with Crippen LogP contribution >= 0.6 is 34.8 Å². The summed E-state index contributed by atoms with van der Waals surface area (Å²) in [4.78, 5) is 3.32. The van der Waals surface area contributed by atoms with Gasteiger partial charge in [-0.3, -0.25) is 0 Å². The second-order valence-electron chi connectivity index (χ2n) is 1.55. The summed E-state index contributed by atoms with van der Waals surface area (Å²) in [7, 11) is 0. The molecule has 0 amide bonds. The summed E-state index contributed by atoms with van der Waals surface area (Å²) in [5.41, 5.74) is 0. The molecule has 0 aliphatic carbocycles. The molecule has 7 heteroatoms. The van der Waals surface area contributed by atoms with Crippen molar-refractivity contribution in [2.45, 2.75) is 0 Å². The van der Waals surface area contributed by atoms with Crippen LogP contribution in [0.5, 0.6) is 5.88 Å². The van der Waals surface area contributed by atoms with Crippen LogP contribution in [-0.4, -0.2) is 10.5 Å².